The number of fused-ring (bicyclic) bond motifs is 1. The molecular formula is C14H16O4. The van der Waals surface area contributed by atoms with Gasteiger partial charge in [0.1, 0.15) is 12.2 Å². The van der Waals surface area contributed by atoms with Crippen LogP contribution in [0.3, 0.4) is 0 Å². The molecular weight excluding hydrogens is 232 g/mol. The number of rotatable bonds is 0. The van der Waals surface area contributed by atoms with Crippen LogP contribution in [-0.2, 0) is 9.59 Å². The molecule has 2 unspecified atom stereocenters. The molecule has 0 aliphatic heterocycles. The topological polar surface area (TPSA) is 74.6 Å². The summed E-state index contributed by atoms with van der Waals surface area (Å²) in [4.78, 5) is 24.3. The number of carbonyl (C=O) groups is 2. The zero-order valence-electron chi connectivity index (χ0n) is 9.90. The van der Waals surface area contributed by atoms with E-state index in [1.165, 1.54) is 0 Å². The van der Waals surface area contributed by atoms with Gasteiger partial charge in [0.15, 0.2) is 11.6 Å². The molecule has 5 saturated carbocycles. The minimum absolute atomic E-state index is 0.0106. The van der Waals surface area contributed by atoms with Crippen molar-refractivity contribution in [3.63, 3.8) is 0 Å². The first-order valence-electron chi connectivity index (χ1n) is 7.05. The second kappa shape index (κ2) is 2.73. The van der Waals surface area contributed by atoms with Crippen molar-refractivity contribution in [3.05, 3.63) is 0 Å². The lowest BCUT2D eigenvalue weighted by Crippen LogP contribution is -2.32. The average Bonchev–Trinajstić information content (AvgIpc) is 3.05. The van der Waals surface area contributed by atoms with Gasteiger partial charge in [-0.1, -0.05) is 0 Å². The lowest BCUT2D eigenvalue weighted by molar-refractivity contribution is -0.132. The van der Waals surface area contributed by atoms with Crippen LogP contribution < -0.4 is 0 Å². The standard InChI is InChI=1S/C14H16O4/c15-11-4-1-3-2-5-8-6(3)7(4)9(13(11)17)10(8)14(18)12(5)16/h3-11,14-15,18H,1-2H2/t3-,4-,5+,6-,7-,8+,9-,10+,11?,14?/m0/s1. The molecule has 96 valence electrons. The van der Waals surface area contributed by atoms with E-state index in [4.69, 9.17) is 0 Å². The SMILES string of the molecule is O=C1C(O)[C@H]2C[C@H]3C[C@H]4C(=O)C(O)[C@H]5[C@@H]1[C@@H]2[C@H]3[C@H]54. The summed E-state index contributed by atoms with van der Waals surface area (Å²) in [5.74, 6) is 1.07. The summed E-state index contributed by atoms with van der Waals surface area (Å²) in [7, 11) is 0. The monoisotopic (exact) mass is 248 g/mol. The Balaban J connectivity index is 1.71. The quantitative estimate of drug-likeness (QED) is 0.613. The molecule has 18 heavy (non-hydrogen) atoms. The van der Waals surface area contributed by atoms with Crippen LogP contribution in [0, 0.1) is 47.3 Å². The Morgan fingerprint density at radius 3 is 2.39 bits per heavy atom. The molecule has 4 nitrogen and oxygen atoms in total. The van der Waals surface area contributed by atoms with Gasteiger partial charge in [-0.25, -0.2) is 0 Å². The average molecular weight is 248 g/mol. The molecule has 0 aromatic rings. The van der Waals surface area contributed by atoms with Crippen molar-refractivity contribution in [2.75, 3.05) is 0 Å². The van der Waals surface area contributed by atoms with Gasteiger partial charge in [0.05, 0.1) is 0 Å². The molecule has 0 saturated heterocycles. The Morgan fingerprint density at radius 2 is 1.61 bits per heavy atom. The van der Waals surface area contributed by atoms with Crippen molar-refractivity contribution in [3.8, 4) is 0 Å². The lowest BCUT2D eigenvalue weighted by atomic mass is 9.86. The molecule has 0 spiro atoms. The molecule has 5 aliphatic carbocycles. The molecule has 5 rings (SSSR count). The summed E-state index contributed by atoms with van der Waals surface area (Å²) in [5.41, 5.74) is 0. The number of ketones is 2. The summed E-state index contributed by atoms with van der Waals surface area (Å²) in [6, 6.07) is 0. The minimum atomic E-state index is -0.938. The van der Waals surface area contributed by atoms with Crippen molar-refractivity contribution < 1.29 is 19.8 Å². The van der Waals surface area contributed by atoms with Crippen LogP contribution in [0.1, 0.15) is 12.8 Å². The van der Waals surface area contributed by atoms with Gasteiger partial charge in [-0.15, -0.1) is 0 Å². The molecule has 0 aromatic heterocycles. The Morgan fingerprint density at radius 1 is 0.833 bits per heavy atom. The van der Waals surface area contributed by atoms with E-state index >= 15 is 0 Å². The maximum atomic E-state index is 12.2. The Kier molecular flexibility index (Phi) is 1.53. The Hall–Kier alpha value is -0.740. The Bertz CT molecular complexity index is 486. The van der Waals surface area contributed by atoms with Crippen molar-refractivity contribution in [1.29, 1.82) is 0 Å². The van der Waals surface area contributed by atoms with Crippen LogP contribution in [-0.4, -0.2) is 34.0 Å². The van der Waals surface area contributed by atoms with Crippen molar-refractivity contribution in [2.24, 2.45) is 47.3 Å². The van der Waals surface area contributed by atoms with Gasteiger partial charge in [0.25, 0.3) is 0 Å². The van der Waals surface area contributed by atoms with Gasteiger partial charge in [-0.05, 0) is 42.4 Å². The summed E-state index contributed by atoms with van der Waals surface area (Å²) in [6.45, 7) is 0. The molecule has 5 fully saturated rings. The van der Waals surface area contributed by atoms with Gasteiger partial charge < -0.3 is 10.2 Å². The minimum Gasteiger partial charge on any atom is -0.385 e. The second-order valence-corrected chi connectivity index (χ2v) is 7.03. The van der Waals surface area contributed by atoms with Gasteiger partial charge >= 0.3 is 0 Å². The van der Waals surface area contributed by atoms with Crippen molar-refractivity contribution >= 4 is 11.6 Å². The first-order valence-corrected chi connectivity index (χ1v) is 7.05. The highest BCUT2D eigenvalue weighted by Crippen LogP contribution is 2.72. The first-order chi connectivity index (χ1) is 8.61. The van der Waals surface area contributed by atoms with E-state index in [1.807, 2.05) is 0 Å². The van der Waals surface area contributed by atoms with Gasteiger partial charge in [0, 0.05) is 17.8 Å². The molecule has 4 heteroatoms. The summed E-state index contributed by atoms with van der Waals surface area (Å²) >= 11 is 0. The number of carbonyl (C=O) groups excluding carboxylic acids is 2. The molecule has 10 atom stereocenters. The Labute approximate surface area is 104 Å². The normalized spacial score (nSPS) is 67.2. The van der Waals surface area contributed by atoms with Crippen LogP contribution >= 0.6 is 0 Å². The lowest BCUT2D eigenvalue weighted by Gasteiger charge is -2.19. The zero-order valence-corrected chi connectivity index (χ0v) is 9.90. The predicted molar refractivity (Wildman–Crippen MR) is 59.2 cm³/mol. The van der Waals surface area contributed by atoms with E-state index in [0.29, 0.717) is 11.8 Å². The van der Waals surface area contributed by atoms with Gasteiger partial charge in [-0.2, -0.15) is 0 Å². The van der Waals surface area contributed by atoms with Gasteiger partial charge in [-0.3, -0.25) is 9.59 Å². The van der Waals surface area contributed by atoms with Gasteiger partial charge in [0.2, 0.25) is 0 Å². The molecule has 0 heterocycles. The van der Waals surface area contributed by atoms with E-state index in [2.05, 4.69) is 0 Å². The van der Waals surface area contributed by atoms with Crippen LogP contribution in [0.4, 0.5) is 0 Å². The second-order valence-electron chi connectivity index (χ2n) is 7.03. The maximum absolute atomic E-state index is 12.2. The number of Topliss-reactive ketones (excluding diaryl/α,β-unsaturated/α-hetero) is 2. The third kappa shape index (κ3) is 0.775. The maximum Gasteiger partial charge on any atom is 0.165 e. The predicted octanol–water partition coefficient (Wildman–Crippen LogP) is -0.376. The van der Waals surface area contributed by atoms with E-state index in [1.54, 1.807) is 0 Å². The fraction of sp³-hybridized carbons (Fsp3) is 0.857. The molecule has 0 radical (unpaired) electrons. The fourth-order valence-corrected chi connectivity index (χ4v) is 6.61. The molecule has 5 aliphatic rings. The van der Waals surface area contributed by atoms with E-state index in [-0.39, 0.29) is 47.1 Å². The number of hydrogen-bond donors (Lipinski definition) is 2. The van der Waals surface area contributed by atoms with E-state index in [0.717, 1.165) is 12.8 Å². The van der Waals surface area contributed by atoms with Crippen LogP contribution in [0.25, 0.3) is 0 Å². The third-order valence-corrected chi connectivity index (χ3v) is 6.84. The highest BCUT2D eigenvalue weighted by Gasteiger charge is 2.76. The molecule has 2 N–H and O–H groups in total. The summed E-state index contributed by atoms with van der Waals surface area (Å²) in [5, 5.41) is 20.2. The van der Waals surface area contributed by atoms with Crippen LogP contribution in [0.2, 0.25) is 0 Å². The zero-order chi connectivity index (χ0) is 12.3. The smallest absolute Gasteiger partial charge is 0.165 e. The van der Waals surface area contributed by atoms with Crippen LogP contribution in [0.5, 0.6) is 0 Å². The summed E-state index contributed by atoms with van der Waals surface area (Å²) < 4.78 is 0. The van der Waals surface area contributed by atoms with Crippen molar-refractivity contribution in [1.82, 2.24) is 0 Å². The highest BCUT2D eigenvalue weighted by atomic mass is 16.3. The fourth-order valence-electron chi connectivity index (χ4n) is 6.61. The first kappa shape index (κ1) is 10.1. The molecule has 0 bridgehead atoms. The van der Waals surface area contributed by atoms with Crippen LogP contribution in [0.15, 0.2) is 0 Å². The third-order valence-electron chi connectivity index (χ3n) is 6.84. The number of aliphatic hydroxyl groups is 2. The van der Waals surface area contributed by atoms with Crippen molar-refractivity contribution in [2.45, 2.75) is 25.0 Å². The molecule has 0 amide bonds. The summed E-state index contributed by atoms with van der Waals surface area (Å²) in [6.07, 6.45) is 0.0452. The van der Waals surface area contributed by atoms with E-state index < -0.39 is 12.2 Å². The number of aliphatic hydroxyl groups excluding tert-OH is 2. The molecule has 0 aromatic carbocycles. The highest BCUT2D eigenvalue weighted by molar-refractivity contribution is 5.94. The van der Waals surface area contributed by atoms with E-state index in [9.17, 15) is 19.8 Å². The largest absolute Gasteiger partial charge is 0.385 e. The number of hydrogen-bond acceptors (Lipinski definition) is 4.